The van der Waals surface area contributed by atoms with Gasteiger partial charge in [-0.15, -0.1) is 0 Å². The molecule has 1 aliphatic carbocycles. The molecule has 3 atom stereocenters. The van der Waals surface area contributed by atoms with E-state index >= 15 is 0 Å². The molecule has 0 aromatic carbocycles. The maximum atomic E-state index is 12.5. The Bertz CT molecular complexity index is 288. The van der Waals surface area contributed by atoms with E-state index in [1.165, 1.54) is 38.5 Å². The van der Waals surface area contributed by atoms with Gasteiger partial charge in [0.1, 0.15) is 0 Å². The van der Waals surface area contributed by atoms with E-state index in [2.05, 4.69) is 18.7 Å². The van der Waals surface area contributed by atoms with Gasteiger partial charge in [0, 0.05) is 12.6 Å². The average Bonchev–Trinajstić information content (AvgIpc) is 2.36. The number of hydrogen-bond donors (Lipinski definition) is 1. The Labute approximate surface area is 111 Å². The number of nitrogens with two attached hydrogens (primary N) is 1. The van der Waals surface area contributed by atoms with Gasteiger partial charge in [-0.3, -0.25) is 4.79 Å². The highest BCUT2D eigenvalue weighted by atomic mass is 16.2. The molecule has 3 nitrogen and oxygen atoms in total. The normalized spacial score (nSPS) is 30.1. The molecule has 0 radical (unpaired) electrons. The zero-order valence-corrected chi connectivity index (χ0v) is 11.9. The number of amides is 1. The van der Waals surface area contributed by atoms with Crippen LogP contribution in [0, 0.1) is 11.8 Å². The van der Waals surface area contributed by atoms with Crippen molar-refractivity contribution in [3.63, 3.8) is 0 Å². The lowest BCUT2D eigenvalue weighted by Crippen LogP contribution is -2.54. The van der Waals surface area contributed by atoms with Gasteiger partial charge in [-0.25, -0.2) is 0 Å². The van der Waals surface area contributed by atoms with Crippen molar-refractivity contribution in [1.82, 2.24) is 4.90 Å². The molecular formula is C15H28N2O. The molecule has 1 saturated heterocycles. The first-order chi connectivity index (χ1) is 8.59. The molecule has 104 valence electrons. The molecule has 2 aliphatic rings. The van der Waals surface area contributed by atoms with Crippen molar-refractivity contribution in [1.29, 1.82) is 0 Å². The van der Waals surface area contributed by atoms with Crippen LogP contribution in [-0.4, -0.2) is 29.4 Å². The molecule has 0 bridgehead atoms. The Kier molecular flexibility index (Phi) is 4.66. The van der Waals surface area contributed by atoms with Gasteiger partial charge in [0.25, 0.3) is 0 Å². The number of likely N-dealkylation sites (tertiary alicyclic amines) is 1. The second kappa shape index (κ2) is 6.05. The van der Waals surface area contributed by atoms with Crippen LogP contribution in [0.4, 0.5) is 0 Å². The number of rotatable bonds is 3. The Morgan fingerprint density at radius 1 is 1.22 bits per heavy atom. The summed E-state index contributed by atoms with van der Waals surface area (Å²) in [6.45, 7) is 5.20. The van der Waals surface area contributed by atoms with Crippen LogP contribution in [0.1, 0.15) is 58.8 Å². The number of hydrogen-bond acceptors (Lipinski definition) is 2. The van der Waals surface area contributed by atoms with E-state index in [1.54, 1.807) is 0 Å². The molecule has 1 aliphatic heterocycles. The lowest BCUT2D eigenvalue weighted by Gasteiger charge is -2.45. The van der Waals surface area contributed by atoms with E-state index in [1.807, 2.05) is 0 Å². The van der Waals surface area contributed by atoms with Gasteiger partial charge < -0.3 is 10.6 Å². The zero-order chi connectivity index (χ0) is 13.1. The average molecular weight is 252 g/mol. The second-order valence-electron chi connectivity index (χ2n) is 6.52. The van der Waals surface area contributed by atoms with E-state index < -0.39 is 0 Å². The first kappa shape index (κ1) is 13.9. The molecule has 0 aromatic heterocycles. The summed E-state index contributed by atoms with van der Waals surface area (Å²) in [5.41, 5.74) is 6.08. The smallest absolute Gasteiger partial charge is 0.239 e. The first-order valence-electron chi connectivity index (χ1n) is 7.65. The summed E-state index contributed by atoms with van der Waals surface area (Å²) in [5, 5.41) is 0. The van der Waals surface area contributed by atoms with Crippen molar-refractivity contribution in [3.8, 4) is 0 Å². The highest BCUT2D eigenvalue weighted by molar-refractivity contribution is 5.82. The summed E-state index contributed by atoms with van der Waals surface area (Å²) < 4.78 is 0. The summed E-state index contributed by atoms with van der Waals surface area (Å²) in [5.74, 6) is 1.46. The quantitative estimate of drug-likeness (QED) is 0.839. The molecule has 2 rings (SSSR count). The molecule has 0 aromatic rings. The Morgan fingerprint density at radius 3 is 2.61 bits per heavy atom. The van der Waals surface area contributed by atoms with Crippen LogP contribution in [0.15, 0.2) is 0 Å². The monoisotopic (exact) mass is 252 g/mol. The largest absolute Gasteiger partial charge is 0.338 e. The Balaban J connectivity index is 1.99. The minimum Gasteiger partial charge on any atom is -0.338 e. The minimum atomic E-state index is -0.286. The van der Waals surface area contributed by atoms with E-state index in [9.17, 15) is 4.79 Å². The molecule has 18 heavy (non-hydrogen) atoms. The second-order valence-corrected chi connectivity index (χ2v) is 6.52. The summed E-state index contributed by atoms with van der Waals surface area (Å²) >= 11 is 0. The molecular weight excluding hydrogens is 224 g/mol. The van der Waals surface area contributed by atoms with Crippen molar-refractivity contribution < 1.29 is 4.79 Å². The summed E-state index contributed by atoms with van der Waals surface area (Å²) in [6.07, 6.45) is 8.44. The zero-order valence-electron chi connectivity index (χ0n) is 11.9. The van der Waals surface area contributed by atoms with Crippen LogP contribution in [0.25, 0.3) is 0 Å². The summed E-state index contributed by atoms with van der Waals surface area (Å²) in [7, 11) is 0. The van der Waals surface area contributed by atoms with Crippen LogP contribution in [0.5, 0.6) is 0 Å². The van der Waals surface area contributed by atoms with E-state index in [-0.39, 0.29) is 11.9 Å². The van der Waals surface area contributed by atoms with Crippen LogP contribution in [0.2, 0.25) is 0 Å². The number of nitrogens with zero attached hydrogens (tertiary/aromatic N) is 1. The summed E-state index contributed by atoms with van der Waals surface area (Å²) in [6, 6.07) is 0.212. The molecule has 2 fully saturated rings. The lowest BCUT2D eigenvalue weighted by molar-refractivity contribution is -0.139. The Morgan fingerprint density at radius 2 is 1.89 bits per heavy atom. The maximum absolute atomic E-state index is 12.5. The number of fused-ring (bicyclic) bond motifs is 1. The third-order valence-electron chi connectivity index (χ3n) is 4.57. The fourth-order valence-corrected chi connectivity index (χ4v) is 3.72. The predicted octanol–water partition coefficient (Wildman–Crippen LogP) is 2.54. The van der Waals surface area contributed by atoms with Crippen LogP contribution in [-0.2, 0) is 4.79 Å². The van der Waals surface area contributed by atoms with Crippen molar-refractivity contribution in [2.24, 2.45) is 17.6 Å². The van der Waals surface area contributed by atoms with Crippen LogP contribution >= 0.6 is 0 Å². The highest BCUT2D eigenvalue weighted by Gasteiger charge is 2.37. The van der Waals surface area contributed by atoms with Crippen LogP contribution in [0.3, 0.4) is 0 Å². The maximum Gasteiger partial charge on any atom is 0.239 e. The van der Waals surface area contributed by atoms with Gasteiger partial charge in [-0.05, 0) is 43.9 Å². The van der Waals surface area contributed by atoms with E-state index in [0.29, 0.717) is 12.0 Å². The van der Waals surface area contributed by atoms with E-state index in [4.69, 9.17) is 5.73 Å². The topological polar surface area (TPSA) is 46.3 Å². The molecule has 0 unspecified atom stereocenters. The van der Waals surface area contributed by atoms with Gasteiger partial charge in [0.05, 0.1) is 6.04 Å². The minimum absolute atomic E-state index is 0.209. The third-order valence-corrected chi connectivity index (χ3v) is 4.57. The molecule has 1 heterocycles. The fourth-order valence-electron chi connectivity index (χ4n) is 3.72. The Hall–Kier alpha value is -0.570. The number of carbonyl (C=O) groups is 1. The van der Waals surface area contributed by atoms with Crippen molar-refractivity contribution in [2.75, 3.05) is 6.54 Å². The van der Waals surface area contributed by atoms with Gasteiger partial charge >= 0.3 is 0 Å². The molecule has 3 heteroatoms. The highest BCUT2D eigenvalue weighted by Crippen LogP contribution is 2.35. The molecule has 1 saturated carbocycles. The standard InChI is InChI=1S/C15H28N2O/c1-11(2)10-13(16)15(18)17-9-5-7-12-6-3-4-8-14(12)17/h11-14H,3-10,16H2,1-2H3/t12-,13-,14-/m1/s1. The SMILES string of the molecule is CC(C)C[C@@H](N)C(=O)N1CCC[C@H]2CCCC[C@H]21. The van der Waals surface area contributed by atoms with Gasteiger partial charge in [0.2, 0.25) is 5.91 Å². The fraction of sp³-hybridized carbons (Fsp3) is 0.933. The number of carbonyl (C=O) groups excluding carboxylic acids is 1. The van der Waals surface area contributed by atoms with Crippen molar-refractivity contribution in [2.45, 2.75) is 70.9 Å². The van der Waals surface area contributed by atoms with Crippen LogP contribution < -0.4 is 5.73 Å². The molecule has 1 amide bonds. The van der Waals surface area contributed by atoms with E-state index in [0.717, 1.165) is 18.9 Å². The van der Waals surface area contributed by atoms with Gasteiger partial charge in [-0.2, -0.15) is 0 Å². The molecule has 0 spiro atoms. The summed E-state index contributed by atoms with van der Waals surface area (Å²) in [4.78, 5) is 14.6. The van der Waals surface area contributed by atoms with Gasteiger partial charge in [-0.1, -0.05) is 26.7 Å². The van der Waals surface area contributed by atoms with Crippen molar-refractivity contribution in [3.05, 3.63) is 0 Å². The van der Waals surface area contributed by atoms with Gasteiger partial charge in [0.15, 0.2) is 0 Å². The third kappa shape index (κ3) is 3.05. The predicted molar refractivity (Wildman–Crippen MR) is 74.1 cm³/mol. The first-order valence-corrected chi connectivity index (χ1v) is 7.65. The molecule has 2 N–H and O–H groups in total. The number of piperidine rings is 1. The lowest BCUT2D eigenvalue weighted by atomic mass is 9.78. The van der Waals surface area contributed by atoms with Crippen molar-refractivity contribution >= 4 is 5.91 Å².